The summed E-state index contributed by atoms with van der Waals surface area (Å²) in [6, 6.07) is 15.3. The van der Waals surface area contributed by atoms with Crippen molar-refractivity contribution in [1.82, 2.24) is 9.80 Å². The summed E-state index contributed by atoms with van der Waals surface area (Å²) in [7, 11) is 0. The van der Waals surface area contributed by atoms with Gasteiger partial charge in [0.25, 0.3) is 0 Å². The number of nitrogens with two attached hydrogens (primary N) is 1. The number of anilines is 2. The minimum absolute atomic E-state index is 0. The van der Waals surface area contributed by atoms with Crippen LogP contribution < -0.4 is 11.1 Å². The van der Waals surface area contributed by atoms with E-state index < -0.39 is 0 Å². The van der Waals surface area contributed by atoms with Crippen molar-refractivity contribution in [3.63, 3.8) is 0 Å². The van der Waals surface area contributed by atoms with Gasteiger partial charge in [0.05, 0.1) is 13.0 Å². The van der Waals surface area contributed by atoms with E-state index in [1.165, 1.54) is 0 Å². The molecule has 0 bridgehead atoms. The quantitative estimate of drug-likeness (QED) is 0.660. The third-order valence-corrected chi connectivity index (χ3v) is 5.10. The van der Waals surface area contributed by atoms with Crippen molar-refractivity contribution in [3.05, 3.63) is 59.7 Å². The van der Waals surface area contributed by atoms with Crippen LogP contribution in [0.1, 0.15) is 18.1 Å². The van der Waals surface area contributed by atoms with Gasteiger partial charge in [-0.2, -0.15) is 0 Å². The molecule has 2 amide bonds. The van der Waals surface area contributed by atoms with Crippen LogP contribution in [0.2, 0.25) is 0 Å². The van der Waals surface area contributed by atoms with Crippen LogP contribution in [0.5, 0.6) is 0 Å². The fourth-order valence-electron chi connectivity index (χ4n) is 3.42. The standard InChI is InChI=1S/C22H28N4O2.2ClH/c1-2-18-5-3-4-6-20(18)24-21(27)16-25-11-13-26(14-12-25)22(28)15-17-7-9-19(23)10-8-17;;/h3-10H,2,11-16,23H2,1H3,(H,24,27);2*1H. The maximum atomic E-state index is 12.5. The Morgan fingerprint density at radius 2 is 1.60 bits per heavy atom. The van der Waals surface area contributed by atoms with Crippen molar-refractivity contribution in [2.24, 2.45) is 0 Å². The molecular weight excluding hydrogens is 423 g/mol. The number of nitrogens with zero attached hydrogens (tertiary/aromatic N) is 2. The maximum absolute atomic E-state index is 12.5. The summed E-state index contributed by atoms with van der Waals surface area (Å²) < 4.78 is 0. The zero-order valence-corrected chi connectivity index (χ0v) is 18.8. The SMILES string of the molecule is CCc1ccccc1NC(=O)CN1CCN(C(=O)Cc2ccc(N)cc2)CC1.Cl.Cl. The number of carbonyl (C=O) groups excluding carboxylic acids is 2. The molecule has 164 valence electrons. The fourth-order valence-corrected chi connectivity index (χ4v) is 3.42. The lowest BCUT2D eigenvalue weighted by molar-refractivity contribution is -0.132. The molecule has 1 aliphatic rings. The molecule has 8 heteroatoms. The first kappa shape index (κ1) is 25.8. The lowest BCUT2D eigenvalue weighted by atomic mass is 10.1. The van der Waals surface area contributed by atoms with E-state index in [1.807, 2.05) is 53.4 Å². The number of nitrogen functional groups attached to an aromatic ring is 1. The molecule has 0 atom stereocenters. The number of amides is 2. The van der Waals surface area contributed by atoms with Crippen LogP contribution in [0.25, 0.3) is 0 Å². The third-order valence-electron chi connectivity index (χ3n) is 5.10. The monoisotopic (exact) mass is 452 g/mol. The van der Waals surface area contributed by atoms with Gasteiger partial charge in [-0.05, 0) is 35.7 Å². The summed E-state index contributed by atoms with van der Waals surface area (Å²) in [6.45, 7) is 5.12. The minimum Gasteiger partial charge on any atom is -0.399 e. The molecule has 0 unspecified atom stereocenters. The van der Waals surface area contributed by atoms with Gasteiger partial charge in [0.1, 0.15) is 0 Å². The molecule has 1 saturated heterocycles. The Kier molecular flexibility index (Phi) is 10.7. The molecule has 2 aromatic carbocycles. The van der Waals surface area contributed by atoms with Crippen LogP contribution in [-0.2, 0) is 22.4 Å². The van der Waals surface area contributed by atoms with Crippen LogP contribution in [0.15, 0.2) is 48.5 Å². The highest BCUT2D eigenvalue weighted by Crippen LogP contribution is 2.15. The van der Waals surface area contributed by atoms with E-state index in [4.69, 9.17) is 5.73 Å². The van der Waals surface area contributed by atoms with Gasteiger partial charge < -0.3 is 16.0 Å². The Balaban J connectivity index is 0.00000225. The van der Waals surface area contributed by atoms with Gasteiger partial charge in [-0.15, -0.1) is 24.8 Å². The highest BCUT2D eigenvalue weighted by atomic mass is 35.5. The van der Waals surface area contributed by atoms with E-state index >= 15 is 0 Å². The molecule has 0 aliphatic carbocycles. The maximum Gasteiger partial charge on any atom is 0.238 e. The van der Waals surface area contributed by atoms with Crippen LogP contribution in [-0.4, -0.2) is 54.3 Å². The predicted octanol–water partition coefficient (Wildman–Crippen LogP) is 3.00. The summed E-state index contributed by atoms with van der Waals surface area (Å²) in [5.41, 5.74) is 9.37. The molecule has 1 fully saturated rings. The van der Waals surface area contributed by atoms with E-state index in [1.54, 1.807) is 0 Å². The average Bonchev–Trinajstić information content (AvgIpc) is 2.70. The second-order valence-electron chi connectivity index (χ2n) is 7.13. The molecule has 0 spiro atoms. The van der Waals surface area contributed by atoms with Gasteiger partial charge in [0.2, 0.25) is 11.8 Å². The molecule has 30 heavy (non-hydrogen) atoms. The average molecular weight is 453 g/mol. The molecule has 0 aromatic heterocycles. The van der Waals surface area contributed by atoms with Crippen molar-refractivity contribution in [1.29, 1.82) is 0 Å². The largest absolute Gasteiger partial charge is 0.399 e. The van der Waals surface area contributed by atoms with Crippen molar-refractivity contribution < 1.29 is 9.59 Å². The minimum atomic E-state index is -0.0115. The molecule has 1 heterocycles. The fraction of sp³-hybridized carbons (Fsp3) is 0.364. The number of para-hydroxylation sites is 1. The summed E-state index contributed by atoms with van der Waals surface area (Å²) in [5, 5.41) is 3.01. The first-order valence-corrected chi connectivity index (χ1v) is 9.77. The second kappa shape index (κ2) is 12.4. The van der Waals surface area contributed by atoms with Gasteiger partial charge >= 0.3 is 0 Å². The molecule has 1 aliphatic heterocycles. The molecule has 0 saturated carbocycles. The number of nitrogens with one attached hydrogen (secondary N) is 1. The normalized spacial score (nSPS) is 13.7. The number of halogens is 2. The van der Waals surface area contributed by atoms with Gasteiger partial charge in [-0.25, -0.2) is 0 Å². The topological polar surface area (TPSA) is 78.7 Å². The van der Waals surface area contributed by atoms with E-state index in [0.29, 0.717) is 44.8 Å². The van der Waals surface area contributed by atoms with Crippen molar-refractivity contribution >= 4 is 48.0 Å². The number of hydrogen-bond donors (Lipinski definition) is 2. The Bertz CT molecular complexity index is 822. The zero-order valence-electron chi connectivity index (χ0n) is 17.2. The second-order valence-corrected chi connectivity index (χ2v) is 7.13. The lowest BCUT2D eigenvalue weighted by Crippen LogP contribution is -2.50. The number of rotatable bonds is 6. The number of aryl methyl sites for hydroxylation is 1. The van der Waals surface area contributed by atoms with E-state index in [0.717, 1.165) is 23.2 Å². The Morgan fingerprint density at radius 3 is 2.23 bits per heavy atom. The predicted molar refractivity (Wildman–Crippen MR) is 127 cm³/mol. The number of benzene rings is 2. The van der Waals surface area contributed by atoms with E-state index in [-0.39, 0.29) is 36.6 Å². The number of piperazine rings is 1. The Hall–Kier alpha value is -2.28. The smallest absolute Gasteiger partial charge is 0.238 e. The van der Waals surface area contributed by atoms with Crippen molar-refractivity contribution in [2.45, 2.75) is 19.8 Å². The summed E-state index contributed by atoms with van der Waals surface area (Å²) in [6.07, 6.45) is 1.26. The Morgan fingerprint density at radius 1 is 0.967 bits per heavy atom. The van der Waals surface area contributed by atoms with E-state index in [2.05, 4.69) is 17.1 Å². The summed E-state index contributed by atoms with van der Waals surface area (Å²) in [4.78, 5) is 28.8. The van der Waals surface area contributed by atoms with Crippen molar-refractivity contribution in [2.75, 3.05) is 43.8 Å². The van der Waals surface area contributed by atoms with Gasteiger partial charge in [0.15, 0.2) is 0 Å². The Labute approximate surface area is 190 Å². The van der Waals surface area contributed by atoms with Crippen LogP contribution in [0, 0.1) is 0 Å². The molecule has 0 radical (unpaired) electrons. The third kappa shape index (κ3) is 7.20. The summed E-state index contributed by atoms with van der Waals surface area (Å²) in [5.74, 6) is 0.105. The van der Waals surface area contributed by atoms with Crippen LogP contribution in [0.3, 0.4) is 0 Å². The summed E-state index contributed by atoms with van der Waals surface area (Å²) >= 11 is 0. The molecule has 3 N–H and O–H groups in total. The molecule has 6 nitrogen and oxygen atoms in total. The zero-order chi connectivity index (χ0) is 19.9. The first-order valence-electron chi connectivity index (χ1n) is 9.77. The first-order chi connectivity index (χ1) is 13.5. The van der Waals surface area contributed by atoms with Crippen LogP contribution >= 0.6 is 24.8 Å². The number of carbonyl (C=O) groups is 2. The lowest BCUT2D eigenvalue weighted by Gasteiger charge is -2.34. The van der Waals surface area contributed by atoms with Gasteiger partial charge in [-0.1, -0.05) is 37.3 Å². The van der Waals surface area contributed by atoms with Crippen molar-refractivity contribution in [3.8, 4) is 0 Å². The van der Waals surface area contributed by atoms with Gasteiger partial charge in [-0.3, -0.25) is 14.5 Å². The highest BCUT2D eigenvalue weighted by molar-refractivity contribution is 5.93. The molecule has 3 rings (SSSR count). The van der Waals surface area contributed by atoms with Crippen LogP contribution in [0.4, 0.5) is 11.4 Å². The highest BCUT2D eigenvalue weighted by Gasteiger charge is 2.22. The number of hydrogen-bond acceptors (Lipinski definition) is 4. The molecular formula is C22H30Cl2N4O2. The molecule has 2 aromatic rings. The van der Waals surface area contributed by atoms with E-state index in [9.17, 15) is 9.59 Å². The van der Waals surface area contributed by atoms with Gasteiger partial charge in [0, 0.05) is 37.6 Å².